The van der Waals surface area contributed by atoms with Crippen molar-refractivity contribution in [2.75, 3.05) is 0 Å². The van der Waals surface area contributed by atoms with E-state index in [1.54, 1.807) is 12.3 Å². The van der Waals surface area contributed by atoms with Gasteiger partial charge in [-0.3, -0.25) is 4.98 Å². The molecule has 0 unspecified atom stereocenters. The van der Waals surface area contributed by atoms with Crippen LogP contribution in [0.3, 0.4) is 0 Å². The fraction of sp³-hybridized carbons (Fsp3) is 0.0952. The number of nitrogens with zero attached hydrogens (tertiary/aromatic N) is 5. The van der Waals surface area contributed by atoms with Gasteiger partial charge >= 0.3 is 6.18 Å². The quantitative estimate of drug-likeness (QED) is 0.320. The van der Waals surface area contributed by atoms with E-state index in [2.05, 4.69) is 25.2 Å². The number of rotatable bonds is 4. The minimum absolute atomic E-state index is 0.0113. The molecular weight excluding hydrogens is 447 g/mol. The zero-order valence-corrected chi connectivity index (χ0v) is 16.4. The summed E-state index contributed by atoms with van der Waals surface area (Å²) in [5.74, 6) is -1.45. The first-order valence-corrected chi connectivity index (χ1v) is 9.47. The number of hydrogen-bond acceptors (Lipinski definition) is 5. The number of nitrogens with one attached hydrogen (secondary N) is 1. The average Bonchev–Trinajstić information content (AvgIpc) is 3.42. The fourth-order valence-corrected chi connectivity index (χ4v) is 3.21. The molecule has 4 heterocycles. The molecule has 0 spiro atoms. The van der Waals surface area contributed by atoms with Crippen molar-refractivity contribution >= 4 is 11.0 Å². The lowest BCUT2D eigenvalue weighted by molar-refractivity contribution is -0.746. The van der Waals surface area contributed by atoms with Crippen molar-refractivity contribution < 1.29 is 31.2 Å². The summed E-state index contributed by atoms with van der Waals surface area (Å²) in [4.78, 5) is 10.6. The lowest BCUT2D eigenvalue weighted by Crippen LogP contribution is -2.37. The summed E-state index contributed by atoms with van der Waals surface area (Å²) in [6.45, 7) is 0.152. The Bertz CT molecular complexity index is 1460. The predicted molar refractivity (Wildman–Crippen MR) is 103 cm³/mol. The molecule has 5 rings (SSSR count). The van der Waals surface area contributed by atoms with Crippen molar-refractivity contribution in [1.29, 1.82) is 0 Å². The van der Waals surface area contributed by atoms with Crippen LogP contribution in [0.1, 0.15) is 11.5 Å². The molecule has 0 bridgehead atoms. The van der Waals surface area contributed by atoms with E-state index < -0.39 is 23.5 Å². The number of aromatic nitrogens is 6. The van der Waals surface area contributed by atoms with Crippen LogP contribution in [0, 0.1) is 11.6 Å². The maximum atomic E-state index is 14.1. The van der Waals surface area contributed by atoms with Gasteiger partial charge in [0.2, 0.25) is 18.5 Å². The topological polar surface area (TPSA) is 84.4 Å². The van der Waals surface area contributed by atoms with Gasteiger partial charge in [-0.2, -0.15) is 13.2 Å². The Morgan fingerprint density at radius 2 is 1.91 bits per heavy atom. The summed E-state index contributed by atoms with van der Waals surface area (Å²) >= 11 is 0. The number of imidazole rings is 1. The van der Waals surface area contributed by atoms with Crippen molar-refractivity contribution in [1.82, 2.24) is 25.2 Å². The van der Waals surface area contributed by atoms with Gasteiger partial charge in [0.25, 0.3) is 0 Å². The molecule has 12 heteroatoms. The number of benzene rings is 1. The summed E-state index contributed by atoms with van der Waals surface area (Å²) < 4.78 is 72.3. The van der Waals surface area contributed by atoms with Gasteiger partial charge in [0, 0.05) is 17.8 Å². The van der Waals surface area contributed by atoms with Gasteiger partial charge < -0.3 is 9.51 Å². The van der Waals surface area contributed by atoms with Gasteiger partial charge in [-0.1, -0.05) is 15.9 Å². The van der Waals surface area contributed by atoms with E-state index in [-0.39, 0.29) is 17.9 Å². The van der Waals surface area contributed by atoms with E-state index in [1.165, 1.54) is 29.1 Å². The monoisotopic (exact) mass is 459 g/mol. The Morgan fingerprint density at radius 1 is 1.06 bits per heavy atom. The highest BCUT2D eigenvalue weighted by Gasteiger charge is 2.32. The van der Waals surface area contributed by atoms with E-state index in [0.29, 0.717) is 28.1 Å². The third kappa shape index (κ3) is 4.02. The Balaban J connectivity index is 1.38. The SMILES string of the molecule is Fc1cccc(-c2nc3cn[n+](Cc4cc(-c5ccc(C(F)(F)F)nc5)no4)cc3[nH]2)c1F. The molecule has 0 amide bonds. The second kappa shape index (κ2) is 7.73. The Kier molecular flexibility index (Phi) is 4.84. The number of alkyl halides is 3. The number of fused-ring (bicyclic) bond motifs is 1. The molecule has 7 nitrogen and oxygen atoms in total. The highest BCUT2D eigenvalue weighted by atomic mass is 19.4. The second-order valence-corrected chi connectivity index (χ2v) is 7.07. The van der Waals surface area contributed by atoms with Crippen LogP contribution in [0.2, 0.25) is 0 Å². The van der Waals surface area contributed by atoms with Crippen LogP contribution in [-0.2, 0) is 12.7 Å². The van der Waals surface area contributed by atoms with Crippen LogP contribution in [-0.4, -0.2) is 25.2 Å². The number of aromatic amines is 1. The maximum absolute atomic E-state index is 14.1. The number of H-pyrrole nitrogens is 1. The molecule has 1 aromatic carbocycles. The van der Waals surface area contributed by atoms with Crippen molar-refractivity contribution in [3.8, 4) is 22.6 Å². The molecule has 0 radical (unpaired) electrons. The normalized spacial score (nSPS) is 11.9. The lowest BCUT2D eigenvalue weighted by atomic mass is 10.2. The molecule has 0 atom stereocenters. The van der Waals surface area contributed by atoms with Gasteiger partial charge in [0.15, 0.2) is 11.6 Å². The molecule has 0 aliphatic heterocycles. The van der Waals surface area contributed by atoms with E-state index in [4.69, 9.17) is 4.52 Å². The highest BCUT2D eigenvalue weighted by Crippen LogP contribution is 2.29. The molecule has 4 aromatic heterocycles. The zero-order chi connectivity index (χ0) is 23.2. The van der Waals surface area contributed by atoms with Crippen LogP contribution in [0.15, 0.2) is 59.5 Å². The third-order valence-corrected chi connectivity index (χ3v) is 4.80. The van der Waals surface area contributed by atoms with Crippen molar-refractivity contribution in [3.05, 3.63) is 78.1 Å². The van der Waals surface area contributed by atoms with Gasteiger partial charge in [-0.05, 0) is 29.4 Å². The smallest absolute Gasteiger partial charge is 0.354 e. The van der Waals surface area contributed by atoms with Crippen LogP contribution < -0.4 is 4.68 Å². The highest BCUT2D eigenvalue weighted by molar-refractivity contribution is 5.77. The summed E-state index contributed by atoms with van der Waals surface area (Å²) in [5.41, 5.74) is 0.636. The number of hydrogen-bond donors (Lipinski definition) is 1. The van der Waals surface area contributed by atoms with Crippen molar-refractivity contribution in [3.63, 3.8) is 0 Å². The summed E-state index contributed by atoms with van der Waals surface area (Å²) in [7, 11) is 0. The molecule has 1 N–H and O–H groups in total. The van der Waals surface area contributed by atoms with E-state index >= 15 is 0 Å². The second-order valence-electron chi connectivity index (χ2n) is 7.07. The van der Waals surface area contributed by atoms with Crippen LogP contribution in [0.25, 0.3) is 33.7 Å². The van der Waals surface area contributed by atoms with Gasteiger partial charge in [-0.15, -0.1) is 0 Å². The largest absolute Gasteiger partial charge is 0.433 e. The maximum Gasteiger partial charge on any atom is 0.433 e. The summed E-state index contributed by atoms with van der Waals surface area (Å²) in [5, 5.41) is 8.07. The van der Waals surface area contributed by atoms with E-state index in [0.717, 1.165) is 18.3 Å². The first-order valence-electron chi connectivity index (χ1n) is 9.47. The minimum Gasteiger partial charge on any atom is -0.354 e. The number of pyridine rings is 1. The van der Waals surface area contributed by atoms with Crippen LogP contribution >= 0.6 is 0 Å². The first kappa shape index (κ1) is 20.7. The zero-order valence-electron chi connectivity index (χ0n) is 16.4. The summed E-state index contributed by atoms with van der Waals surface area (Å²) in [6, 6.07) is 7.49. The third-order valence-electron chi connectivity index (χ3n) is 4.80. The van der Waals surface area contributed by atoms with E-state index in [1.807, 2.05) is 0 Å². The molecule has 0 saturated heterocycles. The number of halogens is 5. The molecule has 33 heavy (non-hydrogen) atoms. The van der Waals surface area contributed by atoms with Gasteiger partial charge in [0.1, 0.15) is 34.4 Å². The predicted octanol–water partition coefficient (Wildman–Crippen LogP) is 4.31. The Labute approximate surface area is 181 Å². The standard InChI is InChI=1S/C21H11F5N6O/c22-14-3-1-2-13(19(14)23)20-29-16-8-28-32(10-17(16)30-20)9-12-6-15(31-33-12)11-4-5-18(27-7-11)21(24,25)26/h1-8,10H,9H2/p+1. The minimum atomic E-state index is -4.53. The van der Waals surface area contributed by atoms with Crippen LogP contribution in [0.4, 0.5) is 22.0 Å². The molecular formula is C21H12F5N6O+. The van der Waals surface area contributed by atoms with Gasteiger partial charge in [0.05, 0.1) is 5.56 Å². The molecule has 0 aliphatic carbocycles. The van der Waals surface area contributed by atoms with Crippen molar-refractivity contribution in [2.45, 2.75) is 12.7 Å². The first-order chi connectivity index (χ1) is 15.8. The molecule has 0 aliphatic rings. The van der Waals surface area contributed by atoms with Crippen molar-refractivity contribution in [2.24, 2.45) is 0 Å². The Morgan fingerprint density at radius 3 is 2.67 bits per heavy atom. The lowest BCUT2D eigenvalue weighted by Gasteiger charge is -2.04. The molecule has 0 saturated carbocycles. The Hall–Kier alpha value is -4.22. The average molecular weight is 459 g/mol. The fourth-order valence-electron chi connectivity index (χ4n) is 3.21. The summed E-state index contributed by atoms with van der Waals surface area (Å²) in [6.07, 6.45) is -0.407. The van der Waals surface area contributed by atoms with Crippen LogP contribution in [0.5, 0.6) is 0 Å². The molecule has 5 aromatic rings. The van der Waals surface area contributed by atoms with E-state index in [9.17, 15) is 22.0 Å². The van der Waals surface area contributed by atoms with Gasteiger partial charge in [-0.25, -0.2) is 13.8 Å². The molecule has 0 fully saturated rings. The molecule has 166 valence electrons.